The van der Waals surface area contributed by atoms with Gasteiger partial charge in [-0.3, -0.25) is 10.1 Å². The number of nitrogens with zero attached hydrogens (tertiary/aromatic N) is 1. The van der Waals surface area contributed by atoms with Crippen LogP contribution in [-0.2, 0) is 9.53 Å². The zero-order valence-corrected chi connectivity index (χ0v) is 8.91. The molecular formula is C11H11NO5. The summed E-state index contributed by atoms with van der Waals surface area (Å²) in [6, 6.07) is 5.94. The lowest BCUT2D eigenvalue weighted by Crippen LogP contribution is -2.24. The third-order valence-electron chi connectivity index (χ3n) is 2.87. The van der Waals surface area contributed by atoms with Crippen molar-refractivity contribution in [2.24, 2.45) is 0 Å². The molecule has 1 aliphatic heterocycles. The number of hydrogen-bond acceptors (Lipinski definition) is 4. The molecule has 0 saturated carbocycles. The van der Waals surface area contributed by atoms with Gasteiger partial charge in [0.2, 0.25) is 0 Å². The van der Waals surface area contributed by atoms with E-state index in [-0.39, 0.29) is 11.6 Å². The molecule has 0 spiro atoms. The first-order valence-corrected chi connectivity index (χ1v) is 5.18. The van der Waals surface area contributed by atoms with Crippen LogP contribution in [-0.4, -0.2) is 28.7 Å². The zero-order chi connectivity index (χ0) is 12.4. The molecule has 0 aromatic heterocycles. The van der Waals surface area contributed by atoms with Crippen molar-refractivity contribution < 1.29 is 19.6 Å². The molecule has 1 aromatic carbocycles. The summed E-state index contributed by atoms with van der Waals surface area (Å²) in [5.74, 6) is -1.22. The van der Waals surface area contributed by atoms with Gasteiger partial charge >= 0.3 is 5.97 Å². The molecule has 0 bridgehead atoms. The fourth-order valence-electron chi connectivity index (χ4n) is 2.02. The lowest BCUT2D eigenvalue weighted by atomic mass is 9.92. The monoisotopic (exact) mass is 237 g/mol. The third-order valence-corrected chi connectivity index (χ3v) is 2.87. The summed E-state index contributed by atoms with van der Waals surface area (Å²) in [7, 11) is 0. The average Bonchev–Trinajstić information content (AvgIpc) is 2.78. The van der Waals surface area contributed by atoms with Gasteiger partial charge in [0.25, 0.3) is 5.69 Å². The molecule has 0 unspecified atom stereocenters. The van der Waals surface area contributed by atoms with E-state index in [1.54, 1.807) is 12.1 Å². The molecule has 1 aromatic rings. The Balaban J connectivity index is 2.22. The van der Waals surface area contributed by atoms with Crippen LogP contribution in [0.5, 0.6) is 0 Å². The molecule has 1 heterocycles. The van der Waals surface area contributed by atoms with Crippen molar-refractivity contribution in [3.63, 3.8) is 0 Å². The minimum absolute atomic E-state index is 0.000426. The van der Waals surface area contributed by atoms with Crippen molar-refractivity contribution in [2.45, 2.75) is 18.4 Å². The quantitative estimate of drug-likeness (QED) is 0.636. The van der Waals surface area contributed by atoms with Gasteiger partial charge < -0.3 is 9.84 Å². The first-order valence-electron chi connectivity index (χ1n) is 5.18. The van der Waals surface area contributed by atoms with Crippen LogP contribution in [0.1, 0.15) is 17.9 Å². The molecule has 6 heteroatoms. The van der Waals surface area contributed by atoms with E-state index in [1.165, 1.54) is 12.1 Å². The number of aliphatic carboxylic acids is 1. The summed E-state index contributed by atoms with van der Waals surface area (Å²) in [5, 5.41) is 19.4. The van der Waals surface area contributed by atoms with E-state index in [9.17, 15) is 14.9 Å². The van der Waals surface area contributed by atoms with Crippen LogP contribution in [0.25, 0.3) is 0 Å². The predicted molar refractivity (Wildman–Crippen MR) is 57.8 cm³/mol. The smallest absolute Gasteiger partial charge is 0.333 e. The standard InChI is InChI=1S/C11H11NO5/c13-11(14)10-9(5-6-17-10)7-1-3-8(4-2-7)12(15)16/h1-4,9-10H,5-6H2,(H,13,14)/t9-,10+/m1/s1. The van der Waals surface area contributed by atoms with E-state index in [0.717, 1.165) is 5.56 Å². The number of benzene rings is 1. The van der Waals surface area contributed by atoms with E-state index in [1.807, 2.05) is 0 Å². The molecule has 2 rings (SSSR count). The summed E-state index contributed by atoms with van der Waals surface area (Å²) < 4.78 is 5.13. The van der Waals surface area contributed by atoms with E-state index < -0.39 is 17.0 Å². The second kappa shape index (κ2) is 4.50. The molecule has 0 amide bonds. The van der Waals surface area contributed by atoms with Crippen molar-refractivity contribution in [3.05, 3.63) is 39.9 Å². The summed E-state index contributed by atoms with van der Waals surface area (Å²) in [5.41, 5.74) is 0.764. The van der Waals surface area contributed by atoms with Crippen molar-refractivity contribution in [1.29, 1.82) is 0 Å². The number of carbonyl (C=O) groups is 1. The van der Waals surface area contributed by atoms with Crippen LogP contribution < -0.4 is 0 Å². The number of carboxylic acids is 1. The summed E-state index contributed by atoms with van der Waals surface area (Å²) >= 11 is 0. The third kappa shape index (κ3) is 2.26. The summed E-state index contributed by atoms with van der Waals surface area (Å²) in [6.45, 7) is 0.401. The Labute approximate surface area is 97.0 Å². The number of nitro benzene ring substituents is 1. The molecule has 0 radical (unpaired) electrons. The van der Waals surface area contributed by atoms with Gasteiger partial charge in [-0.1, -0.05) is 12.1 Å². The highest BCUT2D eigenvalue weighted by Gasteiger charge is 2.35. The first kappa shape index (κ1) is 11.5. The van der Waals surface area contributed by atoms with Crippen LogP contribution in [0.15, 0.2) is 24.3 Å². The van der Waals surface area contributed by atoms with Gasteiger partial charge in [0.1, 0.15) is 0 Å². The van der Waals surface area contributed by atoms with Crippen molar-refractivity contribution in [2.75, 3.05) is 6.61 Å². The number of rotatable bonds is 3. The summed E-state index contributed by atoms with van der Waals surface area (Å²) in [6.07, 6.45) is -0.231. The first-order chi connectivity index (χ1) is 8.09. The van der Waals surface area contributed by atoms with Crippen LogP contribution in [0.2, 0.25) is 0 Å². The second-order valence-electron chi connectivity index (χ2n) is 3.87. The minimum Gasteiger partial charge on any atom is -0.479 e. The highest BCUT2D eigenvalue weighted by Crippen LogP contribution is 2.32. The molecular weight excluding hydrogens is 226 g/mol. The van der Waals surface area contributed by atoms with Gasteiger partial charge in [0.15, 0.2) is 6.10 Å². The minimum atomic E-state index is -0.995. The molecule has 1 aliphatic rings. The summed E-state index contributed by atoms with van der Waals surface area (Å²) in [4.78, 5) is 20.9. The van der Waals surface area contributed by atoms with E-state index in [4.69, 9.17) is 9.84 Å². The zero-order valence-electron chi connectivity index (χ0n) is 8.91. The fourth-order valence-corrected chi connectivity index (χ4v) is 2.02. The molecule has 1 saturated heterocycles. The van der Waals surface area contributed by atoms with Gasteiger partial charge in [0, 0.05) is 24.7 Å². The van der Waals surface area contributed by atoms with Crippen molar-refractivity contribution in [1.82, 2.24) is 0 Å². The largest absolute Gasteiger partial charge is 0.479 e. The molecule has 6 nitrogen and oxygen atoms in total. The number of hydrogen-bond donors (Lipinski definition) is 1. The van der Waals surface area contributed by atoms with Crippen molar-refractivity contribution in [3.8, 4) is 0 Å². The maximum Gasteiger partial charge on any atom is 0.333 e. The van der Waals surface area contributed by atoms with Gasteiger partial charge in [-0.15, -0.1) is 0 Å². The molecule has 0 aliphatic carbocycles. The van der Waals surface area contributed by atoms with Crippen LogP contribution in [0.3, 0.4) is 0 Å². The molecule has 1 N–H and O–H groups in total. The maximum absolute atomic E-state index is 10.9. The lowest BCUT2D eigenvalue weighted by molar-refractivity contribution is -0.384. The number of ether oxygens (including phenoxy) is 1. The maximum atomic E-state index is 10.9. The molecule has 2 atom stereocenters. The Kier molecular flexibility index (Phi) is 3.06. The molecule has 1 fully saturated rings. The predicted octanol–water partition coefficient (Wildman–Crippen LogP) is 1.55. The molecule has 90 valence electrons. The van der Waals surface area contributed by atoms with Gasteiger partial charge in [-0.25, -0.2) is 4.79 Å². The Bertz CT molecular complexity index is 442. The SMILES string of the molecule is O=C(O)[C@H]1OCC[C@@H]1c1ccc([N+](=O)[O-])cc1. The Morgan fingerprint density at radius 1 is 1.41 bits per heavy atom. The van der Waals surface area contributed by atoms with E-state index >= 15 is 0 Å². The highest BCUT2D eigenvalue weighted by atomic mass is 16.6. The van der Waals surface area contributed by atoms with Crippen LogP contribution >= 0.6 is 0 Å². The van der Waals surface area contributed by atoms with Crippen molar-refractivity contribution >= 4 is 11.7 Å². The van der Waals surface area contributed by atoms with Gasteiger partial charge in [-0.05, 0) is 12.0 Å². The molecule has 17 heavy (non-hydrogen) atoms. The highest BCUT2D eigenvalue weighted by molar-refractivity contribution is 5.74. The van der Waals surface area contributed by atoms with Crippen LogP contribution in [0, 0.1) is 10.1 Å². The Morgan fingerprint density at radius 2 is 2.06 bits per heavy atom. The number of carboxylic acid groups (broad SMARTS) is 1. The average molecular weight is 237 g/mol. The lowest BCUT2D eigenvalue weighted by Gasteiger charge is -2.14. The van der Waals surface area contributed by atoms with Crippen LogP contribution in [0.4, 0.5) is 5.69 Å². The Hall–Kier alpha value is -1.95. The van der Waals surface area contributed by atoms with Gasteiger partial charge in [0.05, 0.1) is 4.92 Å². The second-order valence-corrected chi connectivity index (χ2v) is 3.87. The van der Waals surface area contributed by atoms with E-state index in [2.05, 4.69) is 0 Å². The normalized spacial score (nSPS) is 23.5. The fraction of sp³-hybridized carbons (Fsp3) is 0.364. The Morgan fingerprint density at radius 3 is 2.59 bits per heavy atom. The number of non-ortho nitro benzene ring substituents is 1. The number of nitro groups is 1. The van der Waals surface area contributed by atoms with E-state index in [0.29, 0.717) is 13.0 Å². The topological polar surface area (TPSA) is 89.7 Å². The van der Waals surface area contributed by atoms with Gasteiger partial charge in [-0.2, -0.15) is 0 Å².